The normalized spacial score (nSPS) is 12.0. The Labute approximate surface area is 125 Å². The highest BCUT2D eigenvalue weighted by atomic mass is 19.1. The monoisotopic (exact) mass is 297 g/mol. The van der Waals surface area contributed by atoms with Gasteiger partial charge in [0, 0.05) is 20.2 Å². The third kappa shape index (κ3) is 4.67. The van der Waals surface area contributed by atoms with Gasteiger partial charge in [0.05, 0.1) is 24.4 Å². The lowest BCUT2D eigenvalue weighted by atomic mass is 10.2. The highest BCUT2D eigenvalue weighted by molar-refractivity contribution is 5.98. The van der Waals surface area contributed by atoms with Crippen molar-refractivity contribution in [3.05, 3.63) is 23.6 Å². The van der Waals surface area contributed by atoms with Crippen LogP contribution in [0.15, 0.2) is 12.3 Å². The van der Waals surface area contributed by atoms with E-state index in [9.17, 15) is 9.18 Å². The smallest absolute Gasteiger partial charge is 0.258 e. The summed E-state index contributed by atoms with van der Waals surface area (Å²) in [5.74, 6) is -0.338. The van der Waals surface area contributed by atoms with Crippen LogP contribution in [0.2, 0.25) is 0 Å². The van der Waals surface area contributed by atoms with E-state index in [1.165, 1.54) is 6.07 Å². The maximum absolute atomic E-state index is 13.5. The number of carbonyl (C=O) groups is 1. The molecule has 118 valence electrons. The van der Waals surface area contributed by atoms with Crippen molar-refractivity contribution in [1.82, 2.24) is 9.88 Å². The summed E-state index contributed by atoms with van der Waals surface area (Å²) in [6, 6.07) is 1.14. The van der Waals surface area contributed by atoms with Crippen LogP contribution < -0.4 is 5.32 Å². The third-order valence-electron chi connectivity index (χ3n) is 3.17. The lowest BCUT2D eigenvalue weighted by Gasteiger charge is -2.28. The van der Waals surface area contributed by atoms with Gasteiger partial charge in [-0.3, -0.25) is 4.79 Å². The molecule has 1 aromatic heterocycles. The molecule has 0 spiro atoms. The first kappa shape index (κ1) is 17.4. The van der Waals surface area contributed by atoms with Crippen LogP contribution in [0.3, 0.4) is 0 Å². The Kier molecular flexibility index (Phi) is 7.08. The van der Waals surface area contributed by atoms with Gasteiger partial charge >= 0.3 is 0 Å². The summed E-state index contributed by atoms with van der Waals surface area (Å²) in [5, 5.41) is 3.06. The molecule has 1 heterocycles. The zero-order chi connectivity index (χ0) is 15.8. The number of anilines is 1. The van der Waals surface area contributed by atoms with E-state index in [1.807, 2.05) is 20.8 Å². The number of nitrogens with zero attached hydrogens (tertiary/aromatic N) is 2. The van der Waals surface area contributed by atoms with E-state index in [2.05, 4.69) is 10.3 Å². The lowest BCUT2D eigenvalue weighted by molar-refractivity contribution is 0.0579. The number of likely N-dealkylation sites (N-methyl/N-ethyl adjacent to an activating group) is 1. The van der Waals surface area contributed by atoms with Crippen LogP contribution in [0.5, 0.6) is 0 Å². The molecule has 0 saturated carbocycles. The molecule has 0 fully saturated rings. The summed E-state index contributed by atoms with van der Waals surface area (Å²) in [6.07, 6.45) is 2.01. The molecule has 21 heavy (non-hydrogen) atoms. The van der Waals surface area contributed by atoms with Crippen molar-refractivity contribution < 1.29 is 13.9 Å². The third-order valence-corrected chi connectivity index (χ3v) is 3.17. The van der Waals surface area contributed by atoms with Gasteiger partial charge in [-0.15, -0.1) is 0 Å². The van der Waals surface area contributed by atoms with Crippen molar-refractivity contribution in [3.63, 3.8) is 0 Å². The Bertz CT molecular complexity index is 468. The van der Waals surface area contributed by atoms with E-state index in [0.29, 0.717) is 25.5 Å². The van der Waals surface area contributed by atoms with Crippen molar-refractivity contribution in [2.75, 3.05) is 32.1 Å². The molecule has 0 aliphatic heterocycles. The van der Waals surface area contributed by atoms with E-state index in [-0.39, 0.29) is 17.5 Å². The number of carbonyl (C=O) groups excluding carboxylic acids is 1. The van der Waals surface area contributed by atoms with Gasteiger partial charge in [0.15, 0.2) is 0 Å². The molecular weight excluding hydrogens is 273 g/mol. The summed E-state index contributed by atoms with van der Waals surface area (Å²) in [4.78, 5) is 18.3. The molecule has 0 aliphatic rings. The summed E-state index contributed by atoms with van der Waals surface area (Å²) < 4.78 is 18.6. The Morgan fingerprint density at radius 2 is 2.24 bits per heavy atom. The summed E-state index contributed by atoms with van der Waals surface area (Å²) in [7, 11) is 1.59. The number of hydrogen-bond acceptors (Lipinski definition) is 4. The first-order chi connectivity index (χ1) is 10.0. The summed E-state index contributed by atoms with van der Waals surface area (Å²) >= 11 is 0. The Morgan fingerprint density at radius 3 is 2.81 bits per heavy atom. The summed E-state index contributed by atoms with van der Waals surface area (Å²) in [5.41, 5.74) is 0.258. The fourth-order valence-corrected chi connectivity index (χ4v) is 2.13. The molecule has 1 atom stereocenters. The van der Waals surface area contributed by atoms with Crippen LogP contribution in [-0.2, 0) is 4.74 Å². The zero-order valence-corrected chi connectivity index (χ0v) is 13.1. The number of methoxy groups -OCH3 is 1. The van der Waals surface area contributed by atoms with Crippen molar-refractivity contribution >= 4 is 11.7 Å². The van der Waals surface area contributed by atoms with Gasteiger partial charge in [-0.2, -0.15) is 0 Å². The molecule has 0 saturated heterocycles. The van der Waals surface area contributed by atoms with Gasteiger partial charge in [-0.05, 0) is 26.3 Å². The second kappa shape index (κ2) is 8.56. The summed E-state index contributed by atoms with van der Waals surface area (Å²) in [6.45, 7) is 7.43. The SMILES string of the molecule is CCCNc1ncc(F)cc1C(=O)N(CC)C(C)COC. The molecule has 6 heteroatoms. The number of rotatable bonds is 8. The minimum atomic E-state index is -0.518. The molecular formula is C15H24FN3O2. The minimum absolute atomic E-state index is 0.0882. The van der Waals surface area contributed by atoms with Crippen molar-refractivity contribution in [2.24, 2.45) is 0 Å². The maximum Gasteiger partial charge on any atom is 0.258 e. The Hall–Kier alpha value is -1.69. The Morgan fingerprint density at radius 1 is 1.52 bits per heavy atom. The number of ether oxygens (including phenoxy) is 1. The van der Waals surface area contributed by atoms with E-state index < -0.39 is 5.82 Å². The van der Waals surface area contributed by atoms with Crippen LogP contribution >= 0.6 is 0 Å². The standard InChI is InChI=1S/C15H24FN3O2/c1-5-7-17-14-13(8-12(16)9-18-14)15(20)19(6-2)11(3)10-21-4/h8-9,11H,5-7,10H2,1-4H3,(H,17,18). The van der Waals surface area contributed by atoms with Gasteiger partial charge in [0.2, 0.25) is 0 Å². The number of aromatic nitrogens is 1. The van der Waals surface area contributed by atoms with Crippen LogP contribution in [-0.4, -0.2) is 48.6 Å². The van der Waals surface area contributed by atoms with Gasteiger partial charge in [-0.1, -0.05) is 6.92 Å². The molecule has 0 bridgehead atoms. The molecule has 1 aromatic rings. The van der Waals surface area contributed by atoms with Gasteiger partial charge in [0.25, 0.3) is 5.91 Å². The van der Waals surface area contributed by atoms with Gasteiger partial charge in [0.1, 0.15) is 11.6 Å². The number of hydrogen-bond donors (Lipinski definition) is 1. The lowest BCUT2D eigenvalue weighted by Crippen LogP contribution is -2.41. The average molecular weight is 297 g/mol. The van der Waals surface area contributed by atoms with Crippen LogP contribution in [0.1, 0.15) is 37.6 Å². The molecule has 5 nitrogen and oxygen atoms in total. The van der Waals surface area contributed by atoms with Crippen molar-refractivity contribution in [3.8, 4) is 0 Å². The predicted octanol–water partition coefficient (Wildman–Crippen LogP) is 2.54. The fourth-order valence-electron chi connectivity index (χ4n) is 2.13. The first-order valence-electron chi connectivity index (χ1n) is 7.24. The van der Waals surface area contributed by atoms with E-state index >= 15 is 0 Å². The van der Waals surface area contributed by atoms with Crippen molar-refractivity contribution in [2.45, 2.75) is 33.2 Å². The predicted molar refractivity (Wildman–Crippen MR) is 81.0 cm³/mol. The molecule has 0 radical (unpaired) electrons. The molecule has 1 N–H and O–H groups in total. The quantitative estimate of drug-likeness (QED) is 0.801. The highest BCUT2D eigenvalue weighted by Gasteiger charge is 2.23. The number of nitrogens with one attached hydrogen (secondary N) is 1. The first-order valence-corrected chi connectivity index (χ1v) is 7.24. The topological polar surface area (TPSA) is 54.5 Å². The highest BCUT2D eigenvalue weighted by Crippen LogP contribution is 2.18. The second-order valence-electron chi connectivity index (χ2n) is 4.87. The molecule has 1 amide bonds. The molecule has 1 unspecified atom stereocenters. The second-order valence-corrected chi connectivity index (χ2v) is 4.87. The molecule has 0 aliphatic carbocycles. The largest absolute Gasteiger partial charge is 0.383 e. The Balaban J connectivity index is 3.05. The number of pyridine rings is 1. The van der Waals surface area contributed by atoms with E-state index in [0.717, 1.165) is 12.6 Å². The van der Waals surface area contributed by atoms with Gasteiger partial charge in [-0.25, -0.2) is 9.37 Å². The van der Waals surface area contributed by atoms with Crippen LogP contribution in [0, 0.1) is 5.82 Å². The maximum atomic E-state index is 13.5. The van der Waals surface area contributed by atoms with Gasteiger partial charge < -0.3 is 15.0 Å². The van der Waals surface area contributed by atoms with Crippen LogP contribution in [0.4, 0.5) is 10.2 Å². The van der Waals surface area contributed by atoms with Crippen molar-refractivity contribution in [1.29, 1.82) is 0 Å². The molecule has 1 rings (SSSR count). The number of amides is 1. The van der Waals surface area contributed by atoms with Crippen LogP contribution in [0.25, 0.3) is 0 Å². The fraction of sp³-hybridized carbons (Fsp3) is 0.600. The average Bonchev–Trinajstić information content (AvgIpc) is 2.46. The van der Waals surface area contributed by atoms with E-state index in [4.69, 9.17) is 4.74 Å². The molecule has 0 aromatic carbocycles. The van der Waals surface area contributed by atoms with E-state index in [1.54, 1.807) is 12.0 Å². The zero-order valence-electron chi connectivity index (χ0n) is 13.1. The minimum Gasteiger partial charge on any atom is -0.383 e. The number of halogens is 1.